The highest BCUT2D eigenvalue weighted by atomic mass is 16.4. The lowest BCUT2D eigenvalue weighted by Crippen LogP contribution is -2.35. The molecule has 0 bridgehead atoms. The van der Waals surface area contributed by atoms with Gasteiger partial charge in [0.05, 0.1) is 18.0 Å². The topological polar surface area (TPSA) is 98.2 Å². The Bertz CT molecular complexity index is 442. The third-order valence-electron chi connectivity index (χ3n) is 3.06. The second kappa shape index (κ2) is 3.85. The molecule has 7 heteroatoms. The first kappa shape index (κ1) is 11.6. The molecule has 0 aromatic rings. The van der Waals surface area contributed by atoms with Crippen LogP contribution in [0, 0.1) is 5.92 Å². The smallest absolute Gasteiger partial charge is 0.354 e. The predicted molar refractivity (Wildman–Crippen MR) is 54.5 cm³/mol. The molecule has 1 unspecified atom stereocenters. The molecular formula is C10H12N2O5. The molecule has 1 amide bonds. The number of carbonyl (C=O) groups excluding carboxylic acids is 1. The van der Waals surface area contributed by atoms with Crippen LogP contribution < -0.4 is 0 Å². The first-order chi connectivity index (χ1) is 7.97. The zero-order valence-corrected chi connectivity index (χ0v) is 9.21. The molecule has 1 atom stereocenters. The molecule has 2 aliphatic rings. The lowest BCUT2D eigenvalue weighted by molar-refractivity contribution is -0.143. The third-order valence-corrected chi connectivity index (χ3v) is 3.06. The van der Waals surface area contributed by atoms with E-state index < -0.39 is 17.6 Å². The molecule has 0 spiro atoms. The van der Waals surface area contributed by atoms with E-state index in [2.05, 4.69) is 0 Å². The standard InChI is InChI=1S/C10H12N2O5/c1-2-5-3-11-4-6(9(14)15)7(10(16)17)12(11)8(5)13/h5H,2-4H2,1H3,(H,14,15)(H,16,17). The average Bonchev–Trinajstić information content (AvgIpc) is 2.75. The van der Waals surface area contributed by atoms with Crippen LogP contribution in [0.25, 0.3) is 0 Å². The molecular weight excluding hydrogens is 228 g/mol. The van der Waals surface area contributed by atoms with Gasteiger partial charge in [0.2, 0.25) is 5.91 Å². The van der Waals surface area contributed by atoms with Crippen LogP contribution in [0.15, 0.2) is 11.3 Å². The summed E-state index contributed by atoms with van der Waals surface area (Å²) >= 11 is 0. The Morgan fingerprint density at radius 1 is 1.35 bits per heavy atom. The number of carboxylic acids is 2. The molecule has 2 rings (SSSR count). The molecule has 0 aliphatic carbocycles. The largest absolute Gasteiger partial charge is 0.478 e. The molecule has 0 aromatic heterocycles. The summed E-state index contributed by atoms with van der Waals surface area (Å²) in [5.74, 6) is -3.26. The van der Waals surface area contributed by atoms with Gasteiger partial charge in [-0.15, -0.1) is 0 Å². The third kappa shape index (κ3) is 1.59. The van der Waals surface area contributed by atoms with Crippen LogP contribution in [0.1, 0.15) is 13.3 Å². The normalized spacial score (nSPS) is 24.4. The number of rotatable bonds is 3. The molecule has 92 valence electrons. The molecule has 17 heavy (non-hydrogen) atoms. The summed E-state index contributed by atoms with van der Waals surface area (Å²) in [5.41, 5.74) is -0.654. The van der Waals surface area contributed by atoms with E-state index in [4.69, 9.17) is 10.2 Å². The summed E-state index contributed by atoms with van der Waals surface area (Å²) < 4.78 is 0. The van der Waals surface area contributed by atoms with Crippen molar-refractivity contribution < 1.29 is 24.6 Å². The summed E-state index contributed by atoms with van der Waals surface area (Å²) in [6.07, 6.45) is 0.612. The first-order valence-electron chi connectivity index (χ1n) is 5.26. The minimum absolute atomic E-state index is 0.0286. The number of hydrazine groups is 1. The lowest BCUT2D eigenvalue weighted by atomic mass is 10.1. The number of hydrogen-bond donors (Lipinski definition) is 2. The minimum Gasteiger partial charge on any atom is -0.478 e. The molecule has 1 fully saturated rings. The van der Waals surface area contributed by atoms with Gasteiger partial charge in [-0.25, -0.2) is 19.6 Å². The van der Waals surface area contributed by atoms with E-state index in [-0.39, 0.29) is 23.9 Å². The fourth-order valence-electron chi connectivity index (χ4n) is 2.19. The van der Waals surface area contributed by atoms with Gasteiger partial charge in [-0.2, -0.15) is 0 Å². The van der Waals surface area contributed by atoms with Crippen molar-refractivity contribution in [2.75, 3.05) is 13.1 Å². The molecule has 0 aromatic carbocycles. The van der Waals surface area contributed by atoms with Crippen molar-refractivity contribution in [1.82, 2.24) is 10.0 Å². The maximum absolute atomic E-state index is 11.9. The Morgan fingerprint density at radius 3 is 2.47 bits per heavy atom. The van der Waals surface area contributed by atoms with Gasteiger partial charge in [0.1, 0.15) is 0 Å². The second-order valence-corrected chi connectivity index (χ2v) is 4.04. The van der Waals surface area contributed by atoms with E-state index in [0.717, 1.165) is 5.01 Å². The van der Waals surface area contributed by atoms with Crippen LogP contribution in [0.5, 0.6) is 0 Å². The quantitative estimate of drug-likeness (QED) is 0.690. The van der Waals surface area contributed by atoms with E-state index in [1.165, 1.54) is 5.01 Å². The maximum atomic E-state index is 11.9. The van der Waals surface area contributed by atoms with E-state index >= 15 is 0 Å². The van der Waals surface area contributed by atoms with Crippen molar-refractivity contribution in [1.29, 1.82) is 0 Å². The van der Waals surface area contributed by atoms with Crippen molar-refractivity contribution in [2.45, 2.75) is 13.3 Å². The fraction of sp³-hybridized carbons (Fsp3) is 0.500. The molecule has 7 nitrogen and oxygen atoms in total. The van der Waals surface area contributed by atoms with Crippen molar-refractivity contribution >= 4 is 17.8 Å². The summed E-state index contributed by atoms with van der Waals surface area (Å²) in [7, 11) is 0. The highest BCUT2D eigenvalue weighted by molar-refractivity contribution is 6.03. The summed E-state index contributed by atoms with van der Waals surface area (Å²) in [6.45, 7) is 2.19. The molecule has 2 heterocycles. The number of fused-ring (bicyclic) bond motifs is 1. The minimum atomic E-state index is -1.38. The van der Waals surface area contributed by atoms with Gasteiger partial charge in [0, 0.05) is 6.54 Å². The van der Waals surface area contributed by atoms with Crippen LogP contribution in [0.4, 0.5) is 0 Å². The number of hydrogen-bond acceptors (Lipinski definition) is 4. The summed E-state index contributed by atoms with van der Waals surface area (Å²) in [4.78, 5) is 33.9. The van der Waals surface area contributed by atoms with Gasteiger partial charge >= 0.3 is 11.9 Å². The number of amides is 1. The van der Waals surface area contributed by atoms with Crippen molar-refractivity contribution in [3.8, 4) is 0 Å². The highest BCUT2D eigenvalue weighted by Gasteiger charge is 2.48. The van der Waals surface area contributed by atoms with Gasteiger partial charge in [-0.3, -0.25) is 4.79 Å². The molecule has 2 N–H and O–H groups in total. The van der Waals surface area contributed by atoms with Gasteiger partial charge in [-0.05, 0) is 6.42 Å². The van der Waals surface area contributed by atoms with Crippen molar-refractivity contribution in [2.24, 2.45) is 5.92 Å². The molecule has 2 aliphatic heterocycles. The van der Waals surface area contributed by atoms with E-state index in [1.54, 1.807) is 0 Å². The van der Waals surface area contributed by atoms with E-state index in [0.29, 0.717) is 13.0 Å². The molecule has 0 radical (unpaired) electrons. The van der Waals surface area contributed by atoms with Gasteiger partial charge in [0.15, 0.2) is 5.70 Å². The van der Waals surface area contributed by atoms with Crippen molar-refractivity contribution in [3.05, 3.63) is 11.3 Å². The van der Waals surface area contributed by atoms with Crippen LogP contribution in [0.3, 0.4) is 0 Å². The molecule has 1 saturated heterocycles. The SMILES string of the molecule is CCC1CN2CC(C(=O)O)=C(C(=O)O)N2C1=O. The number of nitrogens with zero attached hydrogens (tertiary/aromatic N) is 2. The van der Waals surface area contributed by atoms with Crippen LogP contribution in [0.2, 0.25) is 0 Å². The zero-order chi connectivity index (χ0) is 12.7. The van der Waals surface area contributed by atoms with Crippen LogP contribution >= 0.6 is 0 Å². The molecule has 0 saturated carbocycles. The number of carboxylic acid groups (broad SMARTS) is 2. The highest BCUT2D eigenvalue weighted by Crippen LogP contribution is 2.32. The van der Waals surface area contributed by atoms with Gasteiger partial charge < -0.3 is 10.2 Å². The predicted octanol–water partition coefficient (Wildman–Crippen LogP) is -0.491. The van der Waals surface area contributed by atoms with Crippen molar-refractivity contribution in [3.63, 3.8) is 0 Å². The van der Waals surface area contributed by atoms with Crippen LogP contribution in [-0.4, -0.2) is 51.2 Å². The monoisotopic (exact) mass is 240 g/mol. The number of carbonyl (C=O) groups is 3. The van der Waals surface area contributed by atoms with E-state index in [1.807, 2.05) is 6.92 Å². The average molecular weight is 240 g/mol. The van der Waals surface area contributed by atoms with Gasteiger partial charge in [-0.1, -0.05) is 6.92 Å². The Balaban J connectivity index is 2.41. The number of aliphatic carboxylic acids is 2. The fourth-order valence-corrected chi connectivity index (χ4v) is 2.19. The van der Waals surface area contributed by atoms with E-state index in [9.17, 15) is 14.4 Å². The van der Waals surface area contributed by atoms with Gasteiger partial charge in [0.25, 0.3) is 0 Å². The Labute approximate surface area is 96.9 Å². The summed E-state index contributed by atoms with van der Waals surface area (Å²) in [6, 6.07) is 0. The second-order valence-electron chi connectivity index (χ2n) is 4.04. The lowest BCUT2D eigenvalue weighted by Gasteiger charge is -2.19. The Hall–Kier alpha value is -1.89. The Morgan fingerprint density at radius 2 is 2.00 bits per heavy atom. The maximum Gasteiger partial charge on any atom is 0.354 e. The van der Waals surface area contributed by atoms with Crippen LogP contribution in [-0.2, 0) is 14.4 Å². The Kier molecular flexibility index (Phi) is 2.62. The zero-order valence-electron chi connectivity index (χ0n) is 9.21. The summed E-state index contributed by atoms with van der Waals surface area (Å²) in [5, 5.41) is 20.4. The first-order valence-corrected chi connectivity index (χ1v) is 5.26.